The van der Waals surface area contributed by atoms with Gasteiger partial charge in [-0.1, -0.05) is 17.7 Å². The molecule has 0 bridgehead atoms. The van der Waals surface area contributed by atoms with Crippen molar-refractivity contribution in [3.05, 3.63) is 59.1 Å². The summed E-state index contributed by atoms with van der Waals surface area (Å²) in [5, 5.41) is 15.0. The number of hydrogen-bond acceptors (Lipinski definition) is 4. The summed E-state index contributed by atoms with van der Waals surface area (Å²) in [6.07, 6.45) is 0. The third-order valence-corrected chi connectivity index (χ3v) is 4.07. The number of halogens is 1. The summed E-state index contributed by atoms with van der Waals surface area (Å²) in [6, 6.07) is 14.9. The maximum atomic E-state index is 12.3. The van der Waals surface area contributed by atoms with Crippen LogP contribution in [0, 0.1) is 11.3 Å². The van der Waals surface area contributed by atoms with E-state index in [-0.39, 0.29) is 18.4 Å². The Bertz CT molecular complexity index is 830. The number of nitrogens with one attached hydrogen (secondary N) is 2. The Labute approximate surface area is 157 Å². The van der Waals surface area contributed by atoms with Crippen molar-refractivity contribution in [3.63, 3.8) is 0 Å². The van der Waals surface area contributed by atoms with Crippen LogP contribution in [0.4, 0.5) is 11.4 Å². The fourth-order valence-electron chi connectivity index (χ4n) is 2.21. The molecular weight excluding hydrogens is 352 g/mol. The number of hydrogen-bond donors (Lipinski definition) is 2. The molecule has 2 N–H and O–H groups in total. The smallest absolute Gasteiger partial charge is 0.241 e. The highest BCUT2D eigenvalue weighted by Crippen LogP contribution is 2.14. The van der Waals surface area contributed by atoms with Crippen LogP contribution in [0.3, 0.4) is 0 Å². The monoisotopic (exact) mass is 370 g/mol. The summed E-state index contributed by atoms with van der Waals surface area (Å²) >= 11 is 5.81. The summed E-state index contributed by atoms with van der Waals surface area (Å²) in [6.45, 7) is 1.76. The molecule has 1 atom stereocenters. The molecule has 0 unspecified atom stereocenters. The van der Waals surface area contributed by atoms with Gasteiger partial charge in [0.25, 0.3) is 0 Å². The topological polar surface area (TPSA) is 85.2 Å². The van der Waals surface area contributed by atoms with Crippen LogP contribution in [-0.4, -0.2) is 36.3 Å². The number of benzene rings is 2. The molecule has 2 aromatic carbocycles. The Morgan fingerprint density at radius 3 is 2.50 bits per heavy atom. The normalized spacial score (nSPS) is 11.5. The van der Waals surface area contributed by atoms with Crippen molar-refractivity contribution in [2.24, 2.45) is 0 Å². The molecule has 0 fully saturated rings. The van der Waals surface area contributed by atoms with Gasteiger partial charge in [-0.15, -0.1) is 0 Å². The van der Waals surface area contributed by atoms with Crippen LogP contribution in [0.5, 0.6) is 0 Å². The van der Waals surface area contributed by atoms with Crippen molar-refractivity contribution in [1.82, 2.24) is 4.90 Å². The number of likely N-dealkylation sites (N-methyl/N-ethyl adjacent to an activating group) is 1. The first-order chi connectivity index (χ1) is 12.4. The number of amides is 2. The quantitative estimate of drug-likeness (QED) is 0.818. The highest BCUT2D eigenvalue weighted by atomic mass is 35.5. The average Bonchev–Trinajstić information content (AvgIpc) is 2.63. The lowest BCUT2D eigenvalue weighted by Crippen LogP contribution is -2.43. The molecule has 26 heavy (non-hydrogen) atoms. The Hall–Kier alpha value is -2.88. The van der Waals surface area contributed by atoms with E-state index in [9.17, 15) is 9.59 Å². The second-order valence-corrected chi connectivity index (χ2v) is 6.26. The van der Waals surface area contributed by atoms with E-state index < -0.39 is 6.04 Å². The molecule has 2 aromatic rings. The van der Waals surface area contributed by atoms with Crippen molar-refractivity contribution < 1.29 is 9.59 Å². The molecule has 0 saturated carbocycles. The predicted octanol–water partition coefficient (Wildman–Crippen LogP) is 3.11. The molecule has 0 heterocycles. The van der Waals surface area contributed by atoms with Gasteiger partial charge in [0, 0.05) is 16.4 Å². The van der Waals surface area contributed by atoms with E-state index in [0.29, 0.717) is 22.0 Å². The molecule has 0 aromatic heterocycles. The van der Waals surface area contributed by atoms with E-state index >= 15 is 0 Å². The third kappa shape index (κ3) is 5.59. The van der Waals surface area contributed by atoms with Gasteiger partial charge in [0.2, 0.25) is 11.8 Å². The van der Waals surface area contributed by atoms with Crippen LogP contribution in [0.2, 0.25) is 5.02 Å². The Kier molecular flexibility index (Phi) is 6.73. The molecule has 2 rings (SSSR count). The predicted molar refractivity (Wildman–Crippen MR) is 102 cm³/mol. The first-order valence-corrected chi connectivity index (χ1v) is 8.33. The molecular formula is C19H19ClN4O2. The number of anilines is 2. The fourth-order valence-corrected chi connectivity index (χ4v) is 2.34. The van der Waals surface area contributed by atoms with Crippen LogP contribution in [0.15, 0.2) is 48.5 Å². The number of nitriles is 1. The van der Waals surface area contributed by atoms with E-state index in [4.69, 9.17) is 16.9 Å². The molecule has 0 aliphatic rings. The van der Waals surface area contributed by atoms with Crippen LogP contribution < -0.4 is 10.6 Å². The lowest BCUT2D eigenvalue weighted by molar-refractivity contribution is -0.122. The molecule has 6 nitrogen and oxygen atoms in total. The van der Waals surface area contributed by atoms with Gasteiger partial charge in [-0.2, -0.15) is 5.26 Å². The average molecular weight is 371 g/mol. The molecule has 0 saturated heterocycles. The number of nitrogens with zero attached hydrogens (tertiary/aromatic N) is 2. The fraction of sp³-hybridized carbons (Fsp3) is 0.211. The van der Waals surface area contributed by atoms with Gasteiger partial charge >= 0.3 is 0 Å². The zero-order valence-corrected chi connectivity index (χ0v) is 15.2. The molecule has 7 heteroatoms. The van der Waals surface area contributed by atoms with Gasteiger partial charge in [-0.3, -0.25) is 14.5 Å². The highest BCUT2D eigenvalue weighted by molar-refractivity contribution is 6.30. The first kappa shape index (κ1) is 19.4. The van der Waals surface area contributed by atoms with Gasteiger partial charge in [0.1, 0.15) is 0 Å². The summed E-state index contributed by atoms with van der Waals surface area (Å²) in [5.41, 5.74) is 1.64. The third-order valence-electron chi connectivity index (χ3n) is 3.82. The number of carbonyl (C=O) groups is 2. The van der Waals surface area contributed by atoms with Crippen LogP contribution >= 0.6 is 11.6 Å². The van der Waals surface area contributed by atoms with Gasteiger partial charge in [0.05, 0.1) is 24.2 Å². The lowest BCUT2D eigenvalue weighted by Gasteiger charge is -2.23. The van der Waals surface area contributed by atoms with Crippen LogP contribution in [-0.2, 0) is 9.59 Å². The Morgan fingerprint density at radius 1 is 1.15 bits per heavy atom. The SMILES string of the molecule is C[C@@H](C(=O)Nc1cccc(C#N)c1)N(C)CC(=O)Nc1ccc(Cl)cc1. The largest absolute Gasteiger partial charge is 0.325 e. The molecule has 134 valence electrons. The van der Waals surface area contributed by atoms with Crippen LogP contribution in [0.25, 0.3) is 0 Å². The second-order valence-electron chi connectivity index (χ2n) is 5.83. The Balaban J connectivity index is 1.90. The lowest BCUT2D eigenvalue weighted by atomic mass is 10.2. The van der Waals surface area contributed by atoms with Crippen molar-refractivity contribution in [2.45, 2.75) is 13.0 Å². The van der Waals surface area contributed by atoms with Crippen molar-refractivity contribution in [3.8, 4) is 6.07 Å². The summed E-state index contributed by atoms with van der Waals surface area (Å²) < 4.78 is 0. The van der Waals surface area contributed by atoms with Crippen molar-refractivity contribution in [1.29, 1.82) is 5.26 Å². The zero-order valence-electron chi connectivity index (χ0n) is 14.5. The van der Waals surface area contributed by atoms with Gasteiger partial charge < -0.3 is 10.6 Å². The standard InChI is InChI=1S/C19H19ClN4O2/c1-13(19(26)23-17-5-3-4-14(10-17)11-21)24(2)12-18(25)22-16-8-6-15(20)7-9-16/h3-10,13H,12H2,1-2H3,(H,22,25)(H,23,26)/t13-/m0/s1. The minimum Gasteiger partial charge on any atom is -0.325 e. The second kappa shape index (κ2) is 8.99. The van der Waals surface area contributed by atoms with Crippen molar-refractivity contribution in [2.75, 3.05) is 24.2 Å². The highest BCUT2D eigenvalue weighted by Gasteiger charge is 2.20. The molecule has 0 radical (unpaired) electrons. The van der Waals surface area contributed by atoms with Crippen molar-refractivity contribution >= 4 is 34.8 Å². The van der Waals surface area contributed by atoms with E-state index in [1.165, 1.54) is 0 Å². The maximum absolute atomic E-state index is 12.3. The van der Waals surface area contributed by atoms with E-state index in [1.807, 2.05) is 6.07 Å². The minimum atomic E-state index is -0.531. The minimum absolute atomic E-state index is 0.0510. The number of carbonyl (C=O) groups excluding carboxylic acids is 2. The summed E-state index contributed by atoms with van der Waals surface area (Å²) in [5.74, 6) is -0.497. The number of rotatable bonds is 6. The van der Waals surface area contributed by atoms with E-state index in [1.54, 1.807) is 67.4 Å². The first-order valence-electron chi connectivity index (χ1n) is 7.95. The molecule has 2 amide bonds. The Morgan fingerprint density at radius 2 is 1.85 bits per heavy atom. The van der Waals surface area contributed by atoms with E-state index in [2.05, 4.69) is 10.6 Å². The van der Waals surface area contributed by atoms with Gasteiger partial charge in [-0.05, 0) is 56.4 Å². The molecule has 0 spiro atoms. The zero-order chi connectivity index (χ0) is 19.1. The molecule has 0 aliphatic carbocycles. The van der Waals surface area contributed by atoms with E-state index in [0.717, 1.165) is 0 Å². The van der Waals surface area contributed by atoms with Gasteiger partial charge in [0.15, 0.2) is 0 Å². The summed E-state index contributed by atoms with van der Waals surface area (Å²) in [4.78, 5) is 26.1. The maximum Gasteiger partial charge on any atom is 0.241 e. The van der Waals surface area contributed by atoms with Gasteiger partial charge in [-0.25, -0.2) is 0 Å². The molecule has 0 aliphatic heterocycles. The van der Waals surface area contributed by atoms with Crippen LogP contribution in [0.1, 0.15) is 12.5 Å². The summed E-state index contributed by atoms with van der Waals surface area (Å²) in [7, 11) is 1.69.